The van der Waals surface area contributed by atoms with Gasteiger partial charge >= 0.3 is 0 Å². The van der Waals surface area contributed by atoms with Gasteiger partial charge in [-0.25, -0.2) is 4.18 Å². The van der Waals surface area contributed by atoms with E-state index in [9.17, 15) is 8.42 Å². The van der Waals surface area contributed by atoms with Crippen LogP contribution in [0.5, 0.6) is 0 Å². The first-order valence-electron chi connectivity index (χ1n) is 6.04. The van der Waals surface area contributed by atoms with Crippen molar-refractivity contribution in [2.75, 3.05) is 6.61 Å². The number of benzene rings is 1. The van der Waals surface area contributed by atoms with Gasteiger partial charge in [0.1, 0.15) is 6.10 Å². The number of hydrogen-bond donors (Lipinski definition) is 0. The van der Waals surface area contributed by atoms with Crippen LogP contribution in [0, 0.1) is 11.3 Å². The van der Waals surface area contributed by atoms with Gasteiger partial charge in [0.05, 0.1) is 17.6 Å². The molecule has 108 valence electrons. The summed E-state index contributed by atoms with van der Waals surface area (Å²) in [7, 11) is -4.00. The Morgan fingerprint density at radius 3 is 2.55 bits per heavy atom. The molecular weight excluding hydrogens is 282 g/mol. The summed E-state index contributed by atoms with van der Waals surface area (Å²) < 4.78 is 39.8. The highest BCUT2D eigenvalue weighted by Crippen LogP contribution is 2.26. The van der Waals surface area contributed by atoms with Gasteiger partial charge in [-0.05, 0) is 26.0 Å². The summed E-state index contributed by atoms with van der Waals surface area (Å²) in [6.45, 7) is 3.48. The molecule has 1 aliphatic heterocycles. The summed E-state index contributed by atoms with van der Waals surface area (Å²) in [4.78, 5) is -0.00146. The maximum absolute atomic E-state index is 12.0. The molecule has 7 heteroatoms. The molecule has 2 rings (SSSR count). The average molecular weight is 297 g/mol. The Labute approximate surface area is 118 Å². The van der Waals surface area contributed by atoms with E-state index in [1.165, 1.54) is 12.1 Å². The fourth-order valence-corrected chi connectivity index (χ4v) is 2.85. The maximum atomic E-state index is 12.0. The molecule has 0 unspecified atom stereocenters. The number of nitriles is 1. The van der Waals surface area contributed by atoms with E-state index in [2.05, 4.69) is 0 Å². The predicted molar refractivity (Wildman–Crippen MR) is 69.0 cm³/mol. The fraction of sp³-hybridized carbons (Fsp3) is 0.462. The normalized spacial score (nSPS) is 23.1. The standard InChI is InChI=1S/C13H15NO5S/c1-13(2)17-9-12(18-13)11(8-14)19-20(15,16)10-6-4-3-5-7-10/h3-7,11-12H,9H2,1-2H3/t11-,12+/m0/s1. The van der Waals surface area contributed by atoms with Crippen LogP contribution in [0.2, 0.25) is 0 Å². The number of ether oxygens (including phenoxy) is 2. The van der Waals surface area contributed by atoms with Crippen LogP contribution in [0.3, 0.4) is 0 Å². The zero-order valence-corrected chi connectivity index (χ0v) is 12.0. The summed E-state index contributed by atoms with van der Waals surface area (Å²) in [5.41, 5.74) is 0. The number of rotatable bonds is 4. The lowest BCUT2D eigenvalue weighted by Gasteiger charge is -2.19. The third-order valence-corrected chi connectivity index (χ3v) is 4.07. The van der Waals surface area contributed by atoms with Gasteiger partial charge in [0.25, 0.3) is 10.1 Å². The molecule has 1 saturated heterocycles. The van der Waals surface area contributed by atoms with E-state index in [0.717, 1.165) is 0 Å². The molecule has 1 aromatic rings. The van der Waals surface area contributed by atoms with E-state index < -0.39 is 28.1 Å². The summed E-state index contributed by atoms with van der Waals surface area (Å²) in [6.07, 6.45) is -1.99. The SMILES string of the molecule is CC1(C)OC[C@H]([C@H](C#N)OS(=O)(=O)c2ccccc2)O1. The van der Waals surface area contributed by atoms with Crippen LogP contribution in [-0.4, -0.2) is 33.0 Å². The summed E-state index contributed by atoms with van der Waals surface area (Å²) in [5, 5.41) is 9.09. The van der Waals surface area contributed by atoms with Crippen molar-refractivity contribution in [1.82, 2.24) is 0 Å². The van der Waals surface area contributed by atoms with E-state index in [1.807, 2.05) is 0 Å². The predicted octanol–water partition coefficient (Wildman–Crippen LogP) is 1.44. The monoisotopic (exact) mass is 297 g/mol. The van der Waals surface area contributed by atoms with E-state index in [4.69, 9.17) is 18.9 Å². The minimum atomic E-state index is -4.00. The molecule has 0 radical (unpaired) electrons. The highest BCUT2D eigenvalue weighted by Gasteiger charge is 2.40. The lowest BCUT2D eigenvalue weighted by atomic mass is 10.2. The number of hydrogen-bond acceptors (Lipinski definition) is 6. The van der Waals surface area contributed by atoms with Crippen molar-refractivity contribution in [3.8, 4) is 6.07 Å². The quantitative estimate of drug-likeness (QED) is 0.782. The van der Waals surface area contributed by atoms with Gasteiger partial charge < -0.3 is 9.47 Å². The van der Waals surface area contributed by atoms with Crippen molar-refractivity contribution >= 4 is 10.1 Å². The van der Waals surface area contributed by atoms with E-state index >= 15 is 0 Å². The fourth-order valence-electron chi connectivity index (χ4n) is 1.81. The lowest BCUT2D eigenvalue weighted by molar-refractivity contribution is -0.145. The van der Waals surface area contributed by atoms with Gasteiger partial charge in [-0.3, -0.25) is 0 Å². The largest absolute Gasteiger partial charge is 0.348 e. The molecule has 0 aromatic heterocycles. The second-order valence-corrected chi connectivity index (χ2v) is 6.35. The molecule has 0 N–H and O–H groups in total. The third kappa shape index (κ3) is 3.35. The third-order valence-electron chi connectivity index (χ3n) is 2.76. The van der Waals surface area contributed by atoms with Crippen LogP contribution in [0.25, 0.3) is 0 Å². The van der Waals surface area contributed by atoms with Crippen molar-refractivity contribution in [1.29, 1.82) is 5.26 Å². The molecule has 20 heavy (non-hydrogen) atoms. The van der Waals surface area contributed by atoms with Crippen molar-refractivity contribution in [2.45, 2.75) is 36.7 Å². The van der Waals surface area contributed by atoms with Gasteiger partial charge in [0.2, 0.25) is 0 Å². The lowest BCUT2D eigenvalue weighted by Crippen LogP contribution is -2.33. The first-order valence-corrected chi connectivity index (χ1v) is 7.45. The Bertz CT molecular complexity index is 605. The highest BCUT2D eigenvalue weighted by atomic mass is 32.2. The molecule has 2 atom stereocenters. The molecule has 1 heterocycles. The Kier molecular flexibility index (Phi) is 4.11. The topological polar surface area (TPSA) is 85.6 Å². The smallest absolute Gasteiger partial charge is 0.298 e. The van der Waals surface area contributed by atoms with Crippen LogP contribution < -0.4 is 0 Å². The van der Waals surface area contributed by atoms with Crippen LogP contribution >= 0.6 is 0 Å². The van der Waals surface area contributed by atoms with E-state index in [0.29, 0.717) is 0 Å². The van der Waals surface area contributed by atoms with Gasteiger partial charge in [0, 0.05) is 0 Å². The second-order valence-electron chi connectivity index (χ2n) is 4.78. The molecule has 1 aliphatic rings. The number of nitrogens with zero attached hydrogens (tertiary/aromatic N) is 1. The Morgan fingerprint density at radius 1 is 1.40 bits per heavy atom. The zero-order chi connectivity index (χ0) is 14.8. The van der Waals surface area contributed by atoms with Crippen molar-refractivity contribution in [2.24, 2.45) is 0 Å². The summed E-state index contributed by atoms with van der Waals surface area (Å²) in [6, 6.07) is 9.46. The van der Waals surface area contributed by atoms with Crippen LogP contribution in [0.1, 0.15) is 13.8 Å². The summed E-state index contributed by atoms with van der Waals surface area (Å²) >= 11 is 0. The van der Waals surface area contributed by atoms with Crippen molar-refractivity contribution < 1.29 is 22.1 Å². The van der Waals surface area contributed by atoms with Crippen LogP contribution in [-0.2, 0) is 23.8 Å². The molecule has 0 spiro atoms. The molecule has 6 nitrogen and oxygen atoms in total. The molecule has 0 aliphatic carbocycles. The summed E-state index contributed by atoms with van der Waals surface area (Å²) in [5.74, 6) is -0.848. The second kappa shape index (κ2) is 5.50. The zero-order valence-electron chi connectivity index (χ0n) is 11.1. The van der Waals surface area contributed by atoms with E-state index in [1.54, 1.807) is 38.1 Å². The highest BCUT2D eigenvalue weighted by molar-refractivity contribution is 7.86. The van der Waals surface area contributed by atoms with Gasteiger partial charge in [-0.1, -0.05) is 18.2 Å². The Hall–Kier alpha value is -1.46. The maximum Gasteiger partial charge on any atom is 0.298 e. The molecule has 1 fully saturated rings. The van der Waals surface area contributed by atoms with Crippen molar-refractivity contribution in [3.05, 3.63) is 30.3 Å². The van der Waals surface area contributed by atoms with Crippen LogP contribution in [0.15, 0.2) is 35.2 Å². The van der Waals surface area contributed by atoms with Crippen molar-refractivity contribution in [3.63, 3.8) is 0 Å². The van der Waals surface area contributed by atoms with Gasteiger partial charge in [0.15, 0.2) is 11.9 Å². The molecule has 0 bridgehead atoms. The van der Waals surface area contributed by atoms with E-state index in [-0.39, 0.29) is 11.5 Å². The molecule has 0 saturated carbocycles. The minimum absolute atomic E-state index is 0.00146. The first kappa shape index (κ1) is 14.9. The minimum Gasteiger partial charge on any atom is -0.348 e. The van der Waals surface area contributed by atoms with Gasteiger partial charge in [-0.2, -0.15) is 13.7 Å². The van der Waals surface area contributed by atoms with Gasteiger partial charge in [-0.15, -0.1) is 0 Å². The van der Waals surface area contributed by atoms with Crippen LogP contribution in [0.4, 0.5) is 0 Å². The average Bonchev–Trinajstić information content (AvgIpc) is 2.77. The molecule has 1 aromatic carbocycles. The Balaban J connectivity index is 2.14. The Morgan fingerprint density at radius 2 is 2.05 bits per heavy atom. The molecular formula is C13H15NO5S. The molecule has 0 amide bonds. The first-order chi connectivity index (χ1) is 9.34.